The van der Waals surface area contributed by atoms with Crippen LogP contribution in [-0.4, -0.2) is 31.3 Å². The lowest BCUT2D eigenvalue weighted by atomic mass is 10.0. The van der Waals surface area contributed by atoms with E-state index < -0.39 is 5.82 Å². The van der Waals surface area contributed by atoms with Crippen LogP contribution in [0.4, 0.5) is 21.8 Å². The zero-order valence-electron chi connectivity index (χ0n) is 17.7. The SMILES string of the molecule is CCC1c2c(C#N)ncn2-c2cnc(Nc3ccc(C(C)=O)c(F)c3)nc2N1C(C)C. The monoisotopic (exact) mass is 419 g/mol. The predicted molar refractivity (Wildman–Crippen MR) is 114 cm³/mol. The molecule has 1 aliphatic rings. The van der Waals surface area contributed by atoms with Crippen LogP contribution in [0, 0.1) is 17.1 Å². The number of nitrogens with one attached hydrogen (secondary N) is 1. The minimum Gasteiger partial charge on any atom is -0.344 e. The molecule has 3 heterocycles. The van der Waals surface area contributed by atoms with Gasteiger partial charge in [0.15, 0.2) is 17.3 Å². The molecule has 0 fully saturated rings. The molecule has 1 N–H and O–H groups in total. The maximum absolute atomic E-state index is 14.2. The third kappa shape index (κ3) is 3.40. The molecule has 1 atom stereocenters. The van der Waals surface area contributed by atoms with Gasteiger partial charge in [-0.05, 0) is 45.4 Å². The highest BCUT2D eigenvalue weighted by Gasteiger charge is 2.36. The molecule has 1 unspecified atom stereocenters. The molecule has 158 valence electrons. The summed E-state index contributed by atoms with van der Waals surface area (Å²) in [4.78, 5) is 27.0. The van der Waals surface area contributed by atoms with Gasteiger partial charge in [-0.1, -0.05) is 6.92 Å². The molecular formula is C22H22FN7O. The van der Waals surface area contributed by atoms with Crippen molar-refractivity contribution in [3.05, 3.63) is 53.5 Å². The van der Waals surface area contributed by atoms with Gasteiger partial charge in [0, 0.05) is 11.7 Å². The standard InChI is InChI=1S/C22H22FN7O/c1-5-18-20-17(9-24)26-11-29(20)19-10-25-22(28-21(19)30(18)12(2)3)27-14-6-7-15(13(4)31)16(23)8-14/h6-8,10-12,18H,5H2,1-4H3,(H,25,27,28). The van der Waals surface area contributed by atoms with E-state index in [0.29, 0.717) is 23.1 Å². The number of rotatable bonds is 5. The molecule has 0 saturated carbocycles. The van der Waals surface area contributed by atoms with Crippen molar-refractivity contribution in [1.82, 2.24) is 19.5 Å². The molecule has 8 nitrogen and oxygen atoms in total. The van der Waals surface area contributed by atoms with Gasteiger partial charge in [-0.15, -0.1) is 0 Å². The molecule has 1 aliphatic heterocycles. The summed E-state index contributed by atoms with van der Waals surface area (Å²) in [6.07, 6.45) is 4.06. The van der Waals surface area contributed by atoms with E-state index in [4.69, 9.17) is 4.98 Å². The highest BCUT2D eigenvalue weighted by atomic mass is 19.1. The fourth-order valence-electron chi connectivity index (χ4n) is 4.02. The Morgan fingerprint density at radius 1 is 1.35 bits per heavy atom. The third-order valence-electron chi connectivity index (χ3n) is 5.36. The lowest BCUT2D eigenvalue weighted by molar-refractivity contribution is 0.101. The van der Waals surface area contributed by atoms with E-state index in [1.807, 2.05) is 4.57 Å². The van der Waals surface area contributed by atoms with Crippen molar-refractivity contribution < 1.29 is 9.18 Å². The van der Waals surface area contributed by atoms with Crippen molar-refractivity contribution in [3.63, 3.8) is 0 Å². The second-order valence-electron chi connectivity index (χ2n) is 7.66. The van der Waals surface area contributed by atoms with Gasteiger partial charge in [-0.25, -0.2) is 14.4 Å². The Morgan fingerprint density at radius 2 is 2.13 bits per heavy atom. The highest BCUT2D eigenvalue weighted by molar-refractivity contribution is 5.94. The van der Waals surface area contributed by atoms with Crippen molar-refractivity contribution in [2.75, 3.05) is 10.2 Å². The van der Waals surface area contributed by atoms with Crippen molar-refractivity contribution in [2.45, 2.75) is 46.2 Å². The summed E-state index contributed by atoms with van der Waals surface area (Å²) in [5, 5.41) is 12.5. The number of aromatic nitrogens is 4. The van der Waals surface area contributed by atoms with Crippen molar-refractivity contribution >= 4 is 23.2 Å². The van der Waals surface area contributed by atoms with Crippen LogP contribution in [0.15, 0.2) is 30.7 Å². The molecule has 0 spiro atoms. The molecule has 31 heavy (non-hydrogen) atoms. The van der Waals surface area contributed by atoms with Gasteiger partial charge in [0.2, 0.25) is 5.95 Å². The largest absolute Gasteiger partial charge is 0.344 e. The number of ketones is 1. The number of carbonyl (C=O) groups excluding carboxylic acids is 1. The summed E-state index contributed by atoms with van der Waals surface area (Å²) < 4.78 is 16.1. The average molecular weight is 419 g/mol. The Morgan fingerprint density at radius 3 is 2.74 bits per heavy atom. The number of imidazole rings is 1. The number of nitriles is 1. The molecular weight excluding hydrogens is 397 g/mol. The number of Topliss-reactive ketones (excluding diaryl/α,β-unsaturated/α-hetero) is 1. The smallest absolute Gasteiger partial charge is 0.229 e. The average Bonchev–Trinajstić information content (AvgIpc) is 3.16. The van der Waals surface area contributed by atoms with Crippen LogP contribution in [-0.2, 0) is 0 Å². The topological polar surface area (TPSA) is 99.7 Å². The van der Waals surface area contributed by atoms with Gasteiger partial charge in [0.25, 0.3) is 0 Å². The first-order valence-electron chi connectivity index (χ1n) is 10.1. The summed E-state index contributed by atoms with van der Waals surface area (Å²) in [5.41, 5.74) is 2.43. The van der Waals surface area contributed by atoms with E-state index >= 15 is 0 Å². The van der Waals surface area contributed by atoms with E-state index in [0.717, 1.165) is 17.8 Å². The molecule has 0 aliphatic carbocycles. The molecule has 2 aromatic heterocycles. The molecule has 9 heteroatoms. The third-order valence-corrected chi connectivity index (χ3v) is 5.36. The lowest BCUT2D eigenvalue weighted by Gasteiger charge is -2.40. The van der Waals surface area contributed by atoms with E-state index in [-0.39, 0.29) is 23.4 Å². The Kier molecular flexibility index (Phi) is 5.15. The molecule has 0 amide bonds. The Bertz CT molecular complexity index is 1210. The minimum absolute atomic E-state index is 0.0367. The number of benzene rings is 1. The lowest BCUT2D eigenvalue weighted by Crippen LogP contribution is -2.40. The van der Waals surface area contributed by atoms with Gasteiger partial charge in [-0.3, -0.25) is 9.36 Å². The summed E-state index contributed by atoms with van der Waals surface area (Å²) in [5.74, 6) is 0.0745. The maximum atomic E-state index is 14.2. The zero-order valence-corrected chi connectivity index (χ0v) is 17.7. The van der Waals surface area contributed by atoms with Crippen molar-refractivity contribution in [3.8, 4) is 11.8 Å². The van der Waals surface area contributed by atoms with E-state index in [1.54, 1.807) is 18.6 Å². The van der Waals surface area contributed by atoms with Gasteiger partial charge in [-0.2, -0.15) is 10.2 Å². The maximum Gasteiger partial charge on any atom is 0.229 e. The molecule has 0 bridgehead atoms. The summed E-state index contributed by atoms with van der Waals surface area (Å²) in [6.45, 7) is 7.51. The van der Waals surface area contributed by atoms with Gasteiger partial charge in [0.1, 0.15) is 23.9 Å². The number of halogens is 1. The van der Waals surface area contributed by atoms with Crippen LogP contribution in [0.3, 0.4) is 0 Å². The fraction of sp³-hybridized carbons (Fsp3) is 0.318. The second kappa shape index (κ2) is 7.80. The van der Waals surface area contributed by atoms with Crippen LogP contribution >= 0.6 is 0 Å². The van der Waals surface area contributed by atoms with E-state index in [9.17, 15) is 14.4 Å². The number of carbonyl (C=O) groups is 1. The molecule has 3 aromatic rings. The molecule has 1 aromatic carbocycles. The molecule has 0 saturated heterocycles. The number of nitrogens with zero attached hydrogens (tertiary/aromatic N) is 6. The number of hydrogen-bond donors (Lipinski definition) is 1. The van der Waals surface area contributed by atoms with Crippen LogP contribution in [0.25, 0.3) is 5.69 Å². The van der Waals surface area contributed by atoms with Gasteiger partial charge in [0.05, 0.1) is 23.5 Å². The van der Waals surface area contributed by atoms with Crippen LogP contribution in [0.5, 0.6) is 0 Å². The van der Waals surface area contributed by atoms with Crippen molar-refractivity contribution in [1.29, 1.82) is 5.26 Å². The summed E-state index contributed by atoms with van der Waals surface area (Å²) >= 11 is 0. The zero-order chi connectivity index (χ0) is 22.3. The fourth-order valence-corrected chi connectivity index (χ4v) is 4.02. The number of fused-ring (bicyclic) bond motifs is 3. The van der Waals surface area contributed by atoms with Gasteiger partial charge < -0.3 is 10.2 Å². The first-order valence-corrected chi connectivity index (χ1v) is 10.1. The quantitative estimate of drug-likeness (QED) is 0.616. The highest BCUT2D eigenvalue weighted by Crippen LogP contribution is 2.41. The first-order chi connectivity index (χ1) is 14.8. The van der Waals surface area contributed by atoms with Crippen LogP contribution in [0.1, 0.15) is 61.9 Å². The summed E-state index contributed by atoms with van der Waals surface area (Å²) in [6, 6.07) is 6.52. The van der Waals surface area contributed by atoms with Crippen molar-refractivity contribution in [2.24, 2.45) is 0 Å². The van der Waals surface area contributed by atoms with Crippen LogP contribution in [0.2, 0.25) is 0 Å². The minimum atomic E-state index is -0.600. The summed E-state index contributed by atoms with van der Waals surface area (Å²) in [7, 11) is 0. The molecule has 0 radical (unpaired) electrons. The number of anilines is 3. The Balaban J connectivity index is 1.78. The number of hydrogen-bond acceptors (Lipinski definition) is 7. The first kappa shape index (κ1) is 20.5. The second-order valence-corrected chi connectivity index (χ2v) is 7.66. The van der Waals surface area contributed by atoms with Gasteiger partial charge >= 0.3 is 0 Å². The predicted octanol–water partition coefficient (Wildman–Crippen LogP) is 4.30. The Labute approximate surface area is 179 Å². The van der Waals surface area contributed by atoms with Crippen LogP contribution < -0.4 is 10.2 Å². The van der Waals surface area contributed by atoms with E-state index in [1.165, 1.54) is 19.1 Å². The van der Waals surface area contributed by atoms with E-state index in [2.05, 4.69) is 47.0 Å². The normalized spacial score (nSPS) is 14.7. The molecule has 4 rings (SSSR count). The Hall–Kier alpha value is -3.80.